The lowest BCUT2D eigenvalue weighted by Gasteiger charge is -2.20. The first-order chi connectivity index (χ1) is 15.9. The molecule has 176 valence electrons. The van der Waals surface area contributed by atoms with Gasteiger partial charge in [0.15, 0.2) is 0 Å². The summed E-state index contributed by atoms with van der Waals surface area (Å²) in [6, 6.07) is 6.65. The summed E-state index contributed by atoms with van der Waals surface area (Å²) in [5.41, 5.74) is 9.77. The van der Waals surface area contributed by atoms with Crippen LogP contribution in [-0.2, 0) is 4.79 Å². The van der Waals surface area contributed by atoms with Gasteiger partial charge in [-0.25, -0.2) is 4.98 Å². The molecule has 3 atom stereocenters. The number of amides is 1. The molecule has 1 saturated carbocycles. The lowest BCUT2D eigenvalue weighted by atomic mass is 9.87. The number of primary amides is 1. The summed E-state index contributed by atoms with van der Waals surface area (Å²) in [6.07, 6.45) is 6.27. The van der Waals surface area contributed by atoms with Gasteiger partial charge in [0.2, 0.25) is 5.91 Å². The van der Waals surface area contributed by atoms with Gasteiger partial charge in [0.05, 0.1) is 17.3 Å². The molecule has 3 unspecified atom stereocenters. The van der Waals surface area contributed by atoms with Gasteiger partial charge >= 0.3 is 0 Å². The Hall–Kier alpha value is -2.45. The molecule has 1 aromatic carbocycles. The Bertz CT molecular complexity index is 1150. The van der Waals surface area contributed by atoms with Gasteiger partial charge in [-0.3, -0.25) is 9.36 Å². The summed E-state index contributed by atoms with van der Waals surface area (Å²) < 4.78 is 8.54. The van der Waals surface area contributed by atoms with Crippen LogP contribution in [0.1, 0.15) is 70.5 Å². The fraction of sp³-hybridized carbons (Fsp3) is 0.560. The van der Waals surface area contributed by atoms with E-state index in [1.54, 1.807) is 11.3 Å². The standard InChI is InChI=1S/C25H33N5O2S/c1-14(2)30-19-11-7-10-17(24-28-18(13-33-24)16-8-5-4-6-9-16)22(19)29-25(30)32-20-12-27-21(15(20)3)23(26)31/h7,10-11,13-16,20-21,27H,4-6,8-9,12H2,1-3H3,(H2,26,31). The number of rotatable bonds is 6. The number of nitrogens with zero attached hydrogens (tertiary/aromatic N) is 3. The number of ether oxygens (including phenoxy) is 1. The van der Waals surface area contributed by atoms with Gasteiger partial charge in [-0.2, -0.15) is 4.98 Å². The minimum Gasteiger partial charge on any atom is -0.460 e. The summed E-state index contributed by atoms with van der Waals surface area (Å²) in [5, 5.41) is 6.44. The predicted octanol–water partition coefficient (Wildman–Crippen LogP) is 4.63. The first-order valence-corrected chi connectivity index (χ1v) is 13.0. The molecule has 3 heterocycles. The van der Waals surface area contributed by atoms with Crippen molar-refractivity contribution in [3.05, 3.63) is 29.3 Å². The monoisotopic (exact) mass is 467 g/mol. The molecule has 1 aliphatic heterocycles. The highest BCUT2D eigenvalue weighted by molar-refractivity contribution is 7.13. The van der Waals surface area contributed by atoms with Crippen LogP contribution in [0.4, 0.5) is 0 Å². The number of benzene rings is 1. The zero-order chi connectivity index (χ0) is 23.1. The molecule has 0 bridgehead atoms. The Morgan fingerprint density at radius 3 is 2.73 bits per heavy atom. The number of para-hydroxylation sites is 1. The molecule has 0 radical (unpaired) electrons. The molecule has 1 aliphatic carbocycles. The molecule has 0 spiro atoms. The molecule has 2 aliphatic rings. The number of aromatic nitrogens is 3. The number of nitrogens with two attached hydrogens (primary N) is 1. The number of carbonyl (C=O) groups excluding carboxylic acids is 1. The van der Waals surface area contributed by atoms with Gasteiger partial charge in [0.25, 0.3) is 6.01 Å². The van der Waals surface area contributed by atoms with E-state index in [9.17, 15) is 4.79 Å². The van der Waals surface area contributed by atoms with Crippen molar-refractivity contribution < 1.29 is 9.53 Å². The summed E-state index contributed by atoms with van der Waals surface area (Å²) in [5.74, 6) is 0.217. The van der Waals surface area contributed by atoms with Crippen LogP contribution in [0, 0.1) is 5.92 Å². The smallest absolute Gasteiger partial charge is 0.297 e. The van der Waals surface area contributed by atoms with E-state index in [0.29, 0.717) is 18.5 Å². The Kier molecular flexibility index (Phi) is 6.14. The van der Waals surface area contributed by atoms with Crippen LogP contribution in [0.5, 0.6) is 6.01 Å². The van der Waals surface area contributed by atoms with Gasteiger partial charge in [-0.1, -0.05) is 32.3 Å². The van der Waals surface area contributed by atoms with Crippen LogP contribution in [0.3, 0.4) is 0 Å². The normalized spacial score (nSPS) is 24.1. The van der Waals surface area contributed by atoms with Gasteiger partial charge in [-0.15, -0.1) is 11.3 Å². The minimum atomic E-state index is -0.379. The number of hydrogen-bond donors (Lipinski definition) is 2. The highest BCUT2D eigenvalue weighted by atomic mass is 32.1. The van der Waals surface area contributed by atoms with E-state index in [4.69, 9.17) is 20.4 Å². The highest BCUT2D eigenvalue weighted by Gasteiger charge is 2.38. The van der Waals surface area contributed by atoms with Gasteiger partial charge in [-0.05, 0) is 38.8 Å². The van der Waals surface area contributed by atoms with Crippen LogP contribution < -0.4 is 15.8 Å². The van der Waals surface area contributed by atoms with Gasteiger partial charge in [0.1, 0.15) is 16.6 Å². The average Bonchev–Trinajstić information content (AvgIpc) is 3.51. The summed E-state index contributed by atoms with van der Waals surface area (Å²) in [7, 11) is 0. The molecule has 3 N–H and O–H groups in total. The number of thiazole rings is 1. The Labute approximate surface area is 198 Å². The Morgan fingerprint density at radius 1 is 1.24 bits per heavy atom. The molecule has 2 fully saturated rings. The van der Waals surface area contributed by atoms with Crippen LogP contribution in [0.25, 0.3) is 21.6 Å². The fourth-order valence-corrected chi connectivity index (χ4v) is 6.25. The third kappa shape index (κ3) is 4.15. The largest absolute Gasteiger partial charge is 0.460 e. The maximum absolute atomic E-state index is 11.7. The van der Waals surface area contributed by atoms with E-state index in [2.05, 4.69) is 47.3 Å². The van der Waals surface area contributed by atoms with E-state index in [-0.39, 0.29) is 30.0 Å². The number of imidazole rings is 1. The maximum atomic E-state index is 11.7. The average molecular weight is 468 g/mol. The molecule has 1 saturated heterocycles. The van der Waals surface area contributed by atoms with Crippen LogP contribution in [0.2, 0.25) is 0 Å². The lowest BCUT2D eigenvalue weighted by Crippen LogP contribution is -2.40. The van der Waals surface area contributed by atoms with E-state index in [0.717, 1.165) is 21.6 Å². The third-order valence-corrected chi connectivity index (χ3v) is 8.09. The van der Waals surface area contributed by atoms with E-state index in [1.807, 2.05) is 6.92 Å². The minimum absolute atomic E-state index is 0.0283. The van der Waals surface area contributed by atoms with Crippen molar-refractivity contribution in [3.63, 3.8) is 0 Å². The molecule has 2 aromatic heterocycles. The van der Waals surface area contributed by atoms with Crippen LogP contribution in [-0.4, -0.2) is 39.1 Å². The fourth-order valence-electron chi connectivity index (χ4n) is 5.32. The maximum Gasteiger partial charge on any atom is 0.297 e. The molecule has 3 aromatic rings. The first kappa shape index (κ1) is 22.3. The van der Waals surface area contributed by atoms with E-state index < -0.39 is 0 Å². The first-order valence-electron chi connectivity index (χ1n) is 12.1. The number of hydrogen-bond acceptors (Lipinski definition) is 6. The van der Waals surface area contributed by atoms with Crippen molar-refractivity contribution in [1.82, 2.24) is 19.9 Å². The molecule has 5 rings (SSSR count). The molecular formula is C25H33N5O2S. The molecule has 8 heteroatoms. The summed E-state index contributed by atoms with van der Waals surface area (Å²) >= 11 is 1.71. The molecule has 7 nitrogen and oxygen atoms in total. The van der Waals surface area contributed by atoms with Crippen molar-refractivity contribution in [2.45, 2.75) is 77.0 Å². The molecule has 1 amide bonds. The van der Waals surface area contributed by atoms with E-state index >= 15 is 0 Å². The van der Waals surface area contributed by atoms with Crippen LogP contribution in [0.15, 0.2) is 23.6 Å². The van der Waals surface area contributed by atoms with Crippen molar-refractivity contribution in [2.75, 3.05) is 6.54 Å². The Morgan fingerprint density at radius 2 is 2.03 bits per heavy atom. The number of nitrogens with one attached hydrogen (secondary N) is 1. The zero-order valence-corrected chi connectivity index (χ0v) is 20.4. The van der Waals surface area contributed by atoms with Crippen molar-refractivity contribution in [3.8, 4) is 16.6 Å². The van der Waals surface area contributed by atoms with Crippen molar-refractivity contribution in [2.24, 2.45) is 11.7 Å². The Balaban J connectivity index is 1.50. The number of fused-ring (bicyclic) bond motifs is 1. The zero-order valence-electron chi connectivity index (χ0n) is 19.6. The van der Waals surface area contributed by atoms with Crippen molar-refractivity contribution >= 4 is 28.3 Å². The third-order valence-electron chi connectivity index (χ3n) is 7.19. The second kappa shape index (κ2) is 9.06. The second-order valence-electron chi connectivity index (χ2n) is 9.75. The van der Waals surface area contributed by atoms with Gasteiger partial charge < -0.3 is 15.8 Å². The van der Waals surface area contributed by atoms with Gasteiger partial charge in [0, 0.05) is 35.4 Å². The molecule has 33 heavy (non-hydrogen) atoms. The summed E-state index contributed by atoms with van der Waals surface area (Å²) in [6.45, 7) is 6.83. The topological polar surface area (TPSA) is 95.1 Å². The van der Waals surface area contributed by atoms with Crippen LogP contribution >= 0.6 is 11.3 Å². The lowest BCUT2D eigenvalue weighted by molar-refractivity contribution is -0.120. The summed E-state index contributed by atoms with van der Waals surface area (Å²) in [4.78, 5) is 21.7. The van der Waals surface area contributed by atoms with Crippen molar-refractivity contribution in [1.29, 1.82) is 0 Å². The SMILES string of the molecule is CC1C(Oc2nc3c(-c4nc(C5CCCCC5)cs4)cccc3n2C(C)C)CNC1C(N)=O. The second-order valence-corrected chi connectivity index (χ2v) is 10.6. The van der Waals surface area contributed by atoms with E-state index in [1.165, 1.54) is 37.8 Å². The predicted molar refractivity (Wildman–Crippen MR) is 132 cm³/mol. The quantitative estimate of drug-likeness (QED) is 0.551. The highest BCUT2D eigenvalue weighted by Crippen LogP contribution is 2.38. The molecular weight excluding hydrogens is 434 g/mol. The number of carbonyl (C=O) groups is 1.